The van der Waals surface area contributed by atoms with Crippen molar-refractivity contribution >= 4 is 5.91 Å². The molecule has 22 heavy (non-hydrogen) atoms. The molecule has 2 fully saturated rings. The minimum Gasteiger partial charge on any atom is -0.493 e. The molecule has 2 aliphatic rings. The minimum atomic E-state index is -0.0778. The second-order valence-electron chi connectivity index (χ2n) is 6.64. The fourth-order valence-electron chi connectivity index (χ4n) is 4.36. The van der Waals surface area contributed by atoms with E-state index in [9.17, 15) is 4.79 Å². The number of carbonyl (C=O) groups is 1. The van der Waals surface area contributed by atoms with Crippen molar-refractivity contribution in [1.82, 2.24) is 5.32 Å². The number of hydrogen-bond acceptors (Lipinski definition) is 3. The van der Waals surface area contributed by atoms with Gasteiger partial charge in [-0.05, 0) is 56.1 Å². The molecule has 0 heterocycles. The Kier molecular flexibility index (Phi) is 4.27. The Hall–Kier alpha value is -1.71. The fourth-order valence-corrected chi connectivity index (χ4v) is 4.36. The van der Waals surface area contributed by atoms with Crippen LogP contribution >= 0.6 is 0 Å². The number of amides is 1. The van der Waals surface area contributed by atoms with Crippen LogP contribution in [-0.2, 0) is 0 Å². The molecule has 1 N–H and O–H groups in total. The topological polar surface area (TPSA) is 47.6 Å². The van der Waals surface area contributed by atoms with E-state index in [2.05, 4.69) is 12.2 Å². The van der Waals surface area contributed by atoms with Gasteiger partial charge in [0, 0.05) is 6.04 Å². The van der Waals surface area contributed by atoms with Gasteiger partial charge in [-0.2, -0.15) is 0 Å². The molecule has 0 unspecified atom stereocenters. The molecular formula is C18H25NO3. The average Bonchev–Trinajstić information content (AvgIpc) is 3.16. The lowest BCUT2D eigenvalue weighted by Gasteiger charge is -2.28. The van der Waals surface area contributed by atoms with Gasteiger partial charge in [-0.25, -0.2) is 0 Å². The van der Waals surface area contributed by atoms with Crippen molar-refractivity contribution in [2.75, 3.05) is 14.2 Å². The molecule has 0 radical (unpaired) electrons. The van der Waals surface area contributed by atoms with Gasteiger partial charge in [0.1, 0.15) is 0 Å². The Morgan fingerprint density at radius 3 is 2.64 bits per heavy atom. The van der Waals surface area contributed by atoms with E-state index in [0.717, 1.165) is 11.8 Å². The number of fused-ring (bicyclic) bond motifs is 2. The summed E-state index contributed by atoms with van der Waals surface area (Å²) in [5.41, 5.74) is 0.539. The summed E-state index contributed by atoms with van der Waals surface area (Å²) >= 11 is 0. The Balaban J connectivity index is 1.72. The van der Waals surface area contributed by atoms with Gasteiger partial charge in [-0.15, -0.1) is 0 Å². The number of rotatable bonds is 5. The lowest BCUT2D eigenvalue weighted by Crippen LogP contribution is -2.40. The molecule has 3 rings (SSSR count). The van der Waals surface area contributed by atoms with Crippen LogP contribution in [-0.4, -0.2) is 26.2 Å². The van der Waals surface area contributed by atoms with Gasteiger partial charge >= 0.3 is 0 Å². The van der Waals surface area contributed by atoms with Gasteiger partial charge in [0.2, 0.25) is 0 Å². The largest absolute Gasteiger partial charge is 0.493 e. The number of nitrogens with one attached hydrogen (secondary N) is 1. The number of ether oxygens (including phenoxy) is 2. The molecule has 2 bridgehead atoms. The van der Waals surface area contributed by atoms with Crippen molar-refractivity contribution in [1.29, 1.82) is 0 Å². The lowest BCUT2D eigenvalue weighted by atomic mass is 9.84. The second-order valence-corrected chi connectivity index (χ2v) is 6.64. The molecule has 0 aromatic heterocycles. The van der Waals surface area contributed by atoms with Gasteiger partial charge in [0.15, 0.2) is 11.5 Å². The smallest absolute Gasteiger partial charge is 0.255 e. The molecule has 4 heteroatoms. The molecule has 0 aliphatic heterocycles. The third kappa shape index (κ3) is 2.67. The molecule has 1 aromatic carbocycles. The van der Waals surface area contributed by atoms with E-state index < -0.39 is 0 Å². The van der Waals surface area contributed by atoms with Crippen LogP contribution in [0.1, 0.15) is 43.0 Å². The average molecular weight is 303 g/mol. The zero-order valence-electron chi connectivity index (χ0n) is 13.6. The third-order valence-corrected chi connectivity index (χ3v) is 5.44. The monoisotopic (exact) mass is 303 g/mol. The third-order valence-electron chi connectivity index (χ3n) is 5.44. The van der Waals surface area contributed by atoms with Crippen molar-refractivity contribution in [3.63, 3.8) is 0 Å². The van der Waals surface area contributed by atoms with Crippen LogP contribution in [0.2, 0.25) is 0 Å². The van der Waals surface area contributed by atoms with E-state index in [1.54, 1.807) is 26.4 Å². The summed E-state index contributed by atoms with van der Waals surface area (Å²) in [5, 5.41) is 3.17. The van der Waals surface area contributed by atoms with Gasteiger partial charge in [0.25, 0.3) is 5.91 Å². The summed E-state index contributed by atoms with van der Waals surface area (Å²) in [4.78, 5) is 12.6. The first-order valence-electron chi connectivity index (χ1n) is 8.16. The highest BCUT2D eigenvalue weighted by molar-refractivity contribution is 5.98. The predicted molar refractivity (Wildman–Crippen MR) is 85.4 cm³/mol. The molecule has 1 amide bonds. The van der Waals surface area contributed by atoms with Crippen LogP contribution in [0.5, 0.6) is 11.5 Å². The highest BCUT2D eigenvalue weighted by Crippen LogP contribution is 2.49. The van der Waals surface area contributed by atoms with Gasteiger partial charge in [-0.1, -0.05) is 12.5 Å². The van der Waals surface area contributed by atoms with Crippen molar-refractivity contribution < 1.29 is 14.3 Å². The summed E-state index contributed by atoms with van der Waals surface area (Å²) in [6.45, 7) is 2.13. The Morgan fingerprint density at radius 2 is 2.05 bits per heavy atom. The summed E-state index contributed by atoms with van der Waals surface area (Å²) < 4.78 is 10.6. The first-order valence-corrected chi connectivity index (χ1v) is 8.16. The highest BCUT2D eigenvalue weighted by Gasteiger charge is 2.42. The summed E-state index contributed by atoms with van der Waals surface area (Å²) in [7, 11) is 3.14. The molecular weight excluding hydrogens is 278 g/mol. The van der Waals surface area contributed by atoms with Crippen molar-refractivity contribution in [2.24, 2.45) is 17.8 Å². The summed E-state index contributed by atoms with van der Waals surface area (Å²) in [5.74, 6) is 3.32. The maximum Gasteiger partial charge on any atom is 0.255 e. The lowest BCUT2D eigenvalue weighted by molar-refractivity contribution is 0.0911. The maximum atomic E-state index is 12.6. The van der Waals surface area contributed by atoms with E-state index in [-0.39, 0.29) is 11.9 Å². The van der Waals surface area contributed by atoms with E-state index in [4.69, 9.17) is 9.47 Å². The Morgan fingerprint density at radius 1 is 1.23 bits per heavy atom. The molecule has 0 spiro atoms. The molecule has 2 saturated carbocycles. The summed E-state index contributed by atoms with van der Waals surface area (Å²) in [6.07, 6.45) is 5.33. The van der Waals surface area contributed by atoms with E-state index in [1.807, 2.05) is 6.07 Å². The highest BCUT2D eigenvalue weighted by atomic mass is 16.5. The van der Waals surface area contributed by atoms with Crippen LogP contribution in [0.25, 0.3) is 0 Å². The van der Waals surface area contributed by atoms with Gasteiger partial charge in [-0.3, -0.25) is 4.79 Å². The van der Waals surface area contributed by atoms with Crippen molar-refractivity contribution in [2.45, 2.75) is 38.6 Å². The van der Waals surface area contributed by atoms with Gasteiger partial charge in [0.05, 0.1) is 19.8 Å². The van der Waals surface area contributed by atoms with Crippen molar-refractivity contribution in [3.05, 3.63) is 23.8 Å². The van der Waals surface area contributed by atoms with Crippen LogP contribution < -0.4 is 14.8 Å². The standard InChI is InChI=1S/C18H25NO3/c1-11(15-10-12-7-8-13(15)9-12)19-18(20)14-5-4-6-16(21-2)17(14)22-3/h4-6,11-13,15H,7-10H2,1-3H3,(H,19,20)/t11-,12+,13+,15+/m1/s1. The Bertz CT molecular complexity index is 557. The SMILES string of the molecule is COc1cccc(C(=O)N[C@H](C)[C@@H]2C[C@H]3CC[C@H]2C3)c1OC. The van der Waals surface area contributed by atoms with Crippen LogP contribution in [0, 0.1) is 17.8 Å². The normalized spacial score (nSPS) is 27.5. The first-order chi connectivity index (χ1) is 10.6. The quantitative estimate of drug-likeness (QED) is 0.908. The zero-order valence-corrected chi connectivity index (χ0v) is 13.6. The molecule has 4 atom stereocenters. The molecule has 4 nitrogen and oxygen atoms in total. The number of para-hydroxylation sites is 1. The van der Waals surface area contributed by atoms with E-state index in [1.165, 1.54) is 25.7 Å². The first kappa shape index (κ1) is 15.2. The minimum absolute atomic E-state index is 0.0778. The molecule has 120 valence electrons. The Labute approximate surface area is 132 Å². The molecule has 2 aliphatic carbocycles. The van der Waals surface area contributed by atoms with E-state index >= 15 is 0 Å². The predicted octanol–water partition coefficient (Wildman–Crippen LogP) is 3.26. The zero-order chi connectivity index (χ0) is 15.7. The van der Waals surface area contributed by atoms with Crippen molar-refractivity contribution in [3.8, 4) is 11.5 Å². The summed E-state index contributed by atoms with van der Waals surface area (Å²) in [6, 6.07) is 5.61. The number of hydrogen-bond donors (Lipinski definition) is 1. The van der Waals surface area contributed by atoms with Crippen LogP contribution in [0.3, 0.4) is 0 Å². The van der Waals surface area contributed by atoms with E-state index in [0.29, 0.717) is 23.0 Å². The fraction of sp³-hybridized carbons (Fsp3) is 0.611. The molecule has 1 aromatic rings. The van der Waals surface area contributed by atoms with Gasteiger partial charge < -0.3 is 14.8 Å². The maximum absolute atomic E-state index is 12.6. The van der Waals surface area contributed by atoms with Crippen LogP contribution in [0.4, 0.5) is 0 Å². The second kappa shape index (κ2) is 6.19. The molecule has 0 saturated heterocycles. The van der Waals surface area contributed by atoms with Crippen LogP contribution in [0.15, 0.2) is 18.2 Å². The number of carbonyl (C=O) groups excluding carboxylic acids is 1. The number of methoxy groups -OCH3 is 2. The number of benzene rings is 1.